The highest BCUT2D eigenvalue weighted by atomic mass is 32.2. The number of pyridine rings is 1. The number of fused-ring (bicyclic) bond motifs is 3. The first-order chi connectivity index (χ1) is 26.5. The molecule has 294 valence electrons. The summed E-state index contributed by atoms with van der Waals surface area (Å²) in [5.74, 6) is -1.48. The lowest BCUT2D eigenvalue weighted by Gasteiger charge is -2.29. The highest BCUT2D eigenvalue weighted by Crippen LogP contribution is 2.47. The normalized spacial score (nSPS) is 26.0. The fourth-order valence-electron chi connectivity index (χ4n) is 7.92. The Morgan fingerprint density at radius 2 is 1.84 bits per heavy atom. The second-order valence-corrected chi connectivity index (χ2v) is 17.4. The van der Waals surface area contributed by atoms with Crippen molar-refractivity contribution in [2.75, 3.05) is 13.2 Å². The highest BCUT2D eigenvalue weighted by molar-refractivity contribution is 7.91. The van der Waals surface area contributed by atoms with Crippen LogP contribution in [0, 0.1) is 5.92 Å². The molecule has 0 unspecified atom stereocenters. The molecule has 14 heteroatoms. The Morgan fingerprint density at radius 1 is 1.04 bits per heavy atom. The van der Waals surface area contributed by atoms with Crippen molar-refractivity contribution in [3.8, 4) is 17.0 Å². The predicted molar refractivity (Wildman–Crippen MR) is 206 cm³/mol. The van der Waals surface area contributed by atoms with Crippen LogP contribution in [0.15, 0.2) is 54.6 Å². The van der Waals surface area contributed by atoms with Crippen molar-refractivity contribution in [3.05, 3.63) is 60.2 Å². The van der Waals surface area contributed by atoms with Crippen LogP contribution in [0.4, 0.5) is 4.79 Å². The quantitative estimate of drug-likeness (QED) is 0.252. The molecule has 4 aliphatic rings. The number of carbonyl (C=O) groups is 4. The number of benzene rings is 2. The SMILES string of the molecule is CCCC[C@@H]1NC(=O)OCCCCCc2ccc3nc(-c4ccccc4)cc(c3c2)O[C@@H]2C[C@@H](C(=O)N[C@]3(C(=O)NS(=O)(=O)C4CC4)C[C@@H]3CC)N(C2)C1=O. The zero-order chi connectivity index (χ0) is 38.7. The first-order valence-electron chi connectivity index (χ1n) is 19.8. The van der Waals surface area contributed by atoms with Crippen molar-refractivity contribution in [2.45, 2.75) is 120 Å². The van der Waals surface area contributed by atoms with Gasteiger partial charge in [0.15, 0.2) is 0 Å². The van der Waals surface area contributed by atoms with E-state index in [1.165, 1.54) is 4.90 Å². The van der Waals surface area contributed by atoms with E-state index < -0.39 is 62.8 Å². The average molecular weight is 774 g/mol. The molecule has 2 aliphatic carbocycles. The number of amides is 4. The molecule has 0 spiro atoms. The molecule has 4 amide bonds. The Hall–Kier alpha value is -4.72. The summed E-state index contributed by atoms with van der Waals surface area (Å²) in [5, 5.41) is 5.88. The van der Waals surface area contributed by atoms with Gasteiger partial charge >= 0.3 is 6.09 Å². The third-order valence-electron chi connectivity index (χ3n) is 11.4. The topological polar surface area (TPSA) is 173 Å². The number of alkyl carbamates (subject to hydrolysis) is 1. The fraction of sp³-hybridized carbons (Fsp3) is 0.537. The van der Waals surface area contributed by atoms with Crippen LogP contribution in [0.25, 0.3) is 22.2 Å². The molecule has 2 saturated carbocycles. The van der Waals surface area contributed by atoms with E-state index in [1.54, 1.807) is 0 Å². The van der Waals surface area contributed by atoms with Gasteiger partial charge in [-0.3, -0.25) is 19.1 Å². The number of hydrogen-bond acceptors (Lipinski definition) is 9. The van der Waals surface area contributed by atoms with E-state index in [1.807, 2.05) is 56.3 Å². The second-order valence-electron chi connectivity index (χ2n) is 15.4. The maximum atomic E-state index is 14.5. The first kappa shape index (κ1) is 38.6. The van der Waals surface area contributed by atoms with Gasteiger partial charge in [-0.2, -0.15) is 0 Å². The minimum atomic E-state index is -3.86. The van der Waals surface area contributed by atoms with Gasteiger partial charge in [-0.05, 0) is 75.0 Å². The number of sulfonamides is 1. The van der Waals surface area contributed by atoms with Gasteiger partial charge in [0, 0.05) is 23.4 Å². The second kappa shape index (κ2) is 16.2. The fourth-order valence-corrected chi connectivity index (χ4v) is 9.29. The van der Waals surface area contributed by atoms with Crippen molar-refractivity contribution in [3.63, 3.8) is 0 Å². The molecule has 0 radical (unpaired) electrons. The number of rotatable bonds is 10. The number of unbranched alkanes of at least 4 members (excludes halogenated alkanes) is 1. The van der Waals surface area contributed by atoms with E-state index in [4.69, 9.17) is 14.5 Å². The zero-order valence-electron chi connectivity index (χ0n) is 31.6. The Labute approximate surface area is 322 Å². The molecular formula is C41H51N5O8S. The zero-order valence-corrected chi connectivity index (χ0v) is 32.4. The summed E-state index contributed by atoms with van der Waals surface area (Å²) >= 11 is 0. The van der Waals surface area contributed by atoms with Gasteiger partial charge in [-0.15, -0.1) is 0 Å². The maximum Gasteiger partial charge on any atom is 0.407 e. The number of carbonyl (C=O) groups excluding carboxylic acids is 4. The standard InChI is InChI=1S/C41H51N5O8S/c1-3-5-15-33-38(48)46-25-29(22-35(46)37(47)44-41(24-28(41)4-2)39(49)45-55(51,52)30-17-18-30)54-36-23-34(27-13-9-6-10-14-27)42-32-19-16-26(21-31(32)36)12-8-7-11-20-53-40(50)43-33/h6,9-10,13-14,16,19,21,23,28-30,33,35H,3-5,7-8,11-12,15,17-18,20,22,24-25H2,1-2H3,(H,43,50)(H,44,47)(H,45,49)/t28-,29+,33-,35-,41+/m0/s1. The van der Waals surface area contributed by atoms with Crippen LogP contribution in [0.1, 0.15) is 90.0 Å². The molecule has 5 atom stereocenters. The van der Waals surface area contributed by atoms with E-state index >= 15 is 0 Å². The Morgan fingerprint density at radius 3 is 2.56 bits per heavy atom. The molecule has 55 heavy (non-hydrogen) atoms. The van der Waals surface area contributed by atoms with Gasteiger partial charge in [0.25, 0.3) is 5.91 Å². The molecule has 2 aliphatic heterocycles. The molecule has 13 nitrogen and oxygen atoms in total. The summed E-state index contributed by atoms with van der Waals surface area (Å²) in [5.41, 5.74) is 2.06. The molecule has 4 bridgehead atoms. The number of ether oxygens (including phenoxy) is 2. The molecule has 1 aromatic heterocycles. The summed E-state index contributed by atoms with van der Waals surface area (Å²) in [7, 11) is -3.86. The van der Waals surface area contributed by atoms with Crippen LogP contribution >= 0.6 is 0 Å². The van der Waals surface area contributed by atoms with E-state index in [9.17, 15) is 27.6 Å². The summed E-state index contributed by atoms with van der Waals surface area (Å²) < 4.78 is 40.1. The molecule has 3 fully saturated rings. The molecule has 1 saturated heterocycles. The molecular weight excluding hydrogens is 723 g/mol. The van der Waals surface area contributed by atoms with E-state index in [0.717, 1.165) is 47.7 Å². The minimum Gasteiger partial charge on any atom is -0.488 e. The Bertz CT molecular complexity index is 2040. The Kier molecular flexibility index (Phi) is 11.3. The summed E-state index contributed by atoms with van der Waals surface area (Å²) in [6.45, 7) is 4.11. The molecule has 7 rings (SSSR count). The highest BCUT2D eigenvalue weighted by Gasteiger charge is 2.62. The lowest BCUT2D eigenvalue weighted by atomic mass is 10.0. The summed E-state index contributed by atoms with van der Waals surface area (Å²) in [4.78, 5) is 61.9. The number of aromatic nitrogens is 1. The van der Waals surface area contributed by atoms with E-state index in [0.29, 0.717) is 50.0 Å². The summed E-state index contributed by atoms with van der Waals surface area (Å²) in [6.07, 6.45) is 5.52. The monoisotopic (exact) mass is 773 g/mol. The van der Waals surface area contributed by atoms with Gasteiger partial charge in [0.2, 0.25) is 21.8 Å². The molecule has 2 aromatic carbocycles. The van der Waals surface area contributed by atoms with Crippen LogP contribution < -0.4 is 20.1 Å². The summed E-state index contributed by atoms with van der Waals surface area (Å²) in [6, 6.07) is 15.8. The van der Waals surface area contributed by atoms with Crippen LogP contribution in [0.3, 0.4) is 0 Å². The number of nitrogens with one attached hydrogen (secondary N) is 3. The van der Waals surface area contributed by atoms with Gasteiger partial charge in [0.1, 0.15) is 29.5 Å². The van der Waals surface area contributed by atoms with Crippen molar-refractivity contribution < 1.29 is 37.1 Å². The number of nitrogens with zero attached hydrogens (tertiary/aromatic N) is 2. The smallest absolute Gasteiger partial charge is 0.407 e. The number of aryl methyl sites for hydroxylation is 1. The average Bonchev–Trinajstić information content (AvgIpc) is 4.11. The number of cyclic esters (lactones) is 1. The van der Waals surface area contributed by atoms with Crippen LogP contribution in [-0.2, 0) is 35.6 Å². The van der Waals surface area contributed by atoms with Gasteiger partial charge in [-0.1, -0.05) is 69.5 Å². The van der Waals surface area contributed by atoms with Crippen LogP contribution in [-0.4, -0.2) is 84.2 Å². The molecule has 3 N–H and O–H groups in total. The largest absolute Gasteiger partial charge is 0.488 e. The molecule has 3 heterocycles. The molecule has 3 aromatic rings. The van der Waals surface area contributed by atoms with Gasteiger partial charge in [0.05, 0.1) is 29.6 Å². The van der Waals surface area contributed by atoms with Crippen molar-refractivity contribution in [2.24, 2.45) is 5.92 Å². The lowest BCUT2D eigenvalue weighted by molar-refractivity contribution is -0.141. The van der Waals surface area contributed by atoms with Gasteiger partial charge < -0.3 is 25.0 Å². The van der Waals surface area contributed by atoms with Crippen LogP contribution in [0.2, 0.25) is 0 Å². The predicted octanol–water partition coefficient (Wildman–Crippen LogP) is 5.15. The van der Waals surface area contributed by atoms with Gasteiger partial charge in [-0.25, -0.2) is 18.2 Å². The minimum absolute atomic E-state index is 0.0346. The van der Waals surface area contributed by atoms with Crippen molar-refractivity contribution in [1.82, 2.24) is 25.2 Å². The van der Waals surface area contributed by atoms with Crippen LogP contribution in [0.5, 0.6) is 5.75 Å². The van der Waals surface area contributed by atoms with E-state index in [-0.39, 0.29) is 31.9 Å². The van der Waals surface area contributed by atoms with E-state index in [2.05, 4.69) is 27.5 Å². The third-order valence-corrected chi connectivity index (χ3v) is 13.2. The number of hydrogen-bond donors (Lipinski definition) is 3. The van der Waals surface area contributed by atoms with Crippen molar-refractivity contribution in [1.29, 1.82) is 0 Å². The maximum absolute atomic E-state index is 14.5. The first-order valence-corrected chi connectivity index (χ1v) is 21.3. The Balaban J connectivity index is 1.24. The van der Waals surface area contributed by atoms with Crippen molar-refractivity contribution >= 4 is 44.7 Å². The third kappa shape index (κ3) is 8.58. The lowest BCUT2D eigenvalue weighted by Crippen LogP contribution is -2.58.